The Bertz CT molecular complexity index is 509. The number of hydrogen-bond donors (Lipinski definition) is 2. The highest BCUT2D eigenvalue weighted by atomic mass is 16.2. The van der Waals surface area contributed by atoms with Gasteiger partial charge in [0.15, 0.2) is 0 Å². The van der Waals surface area contributed by atoms with Gasteiger partial charge in [0.1, 0.15) is 0 Å². The second-order valence-electron chi connectivity index (χ2n) is 6.07. The second kappa shape index (κ2) is 5.94. The summed E-state index contributed by atoms with van der Waals surface area (Å²) in [7, 11) is 0. The van der Waals surface area contributed by atoms with Crippen molar-refractivity contribution in [1.82, 2.24) is 20.4 Å². The summed E-state index contributed by atoms with van der Waals surface area (Å²) in [5, 5.41) is 5.33. The van der Waals surface area contributed by atoms with E-state index in [9.17, 15) is 19.2 Å². The van der Waals surface area contributed by atoms with Crippen molar-refractivity contribution in [1.29, 1.82) is 0 Å². The molecule has 1 aliphatic carbocycles. The molecule has 1 unspecified atom stereocenters. The van der Waals surface area contributed by atoms with Gasteiger partial charge in [-0.2, -0.15) is 0 Å². The van der Waals surface area contributed by atoms with E-state index in [2.05, 4.69) is 10.6 Å². The highest BCUT2D eigenvalue weighted by Gasteiger charge is 2.35. The average Bonchev–Trinajstić information content (AvgIpc) is 3.24. The Morgan fingerprint density at radius 3 is 2.23 bits per heavy atom. The monoisotopic (exact) mass is 308 g/mol. The van der Waals surface area contributed by atoms with Crippen molar-refractivity contribution in [3.05, 3.63) is 0 Å². The summed E-state index contributed by atoms with van der Waals surface area (Å²) in [6.07, 6.45) is 2.12. The molecule has 2 saturated heterocycles. The molecule has 1 saturated carbocycles. The van der Waals surface area contributed by atoms with Crippen LogP contribution in [0, 0.1) is 5.92 Å². The lowest BCUT2D eigenvalue weighted by molar-refractivity contribution is -0.149. The fourth-order valence-electron chi connectivity index (χ4n) is 2.79. The van der Waals surface area contributed by atoms with Crippen LogP contribution in [0.4, 0.5) is 0 Å². The van der Waals surface area contributed by atoms with Crippen LogP contribution in [0.1, 0.15) is 19.3 Å². The Labute approximate surface area is 128 Å². The minimum Gasteiger partial charge on any atom is -0.355 e. The lowest BCUT2D eigenvalue weighted by Gasteiger charge is -2.35. The number of hydrogen-bond acceptors (Lipinski definition) is 4. The van der Waals surface area contributed by atoms with Crippen LogP contribution in [0.3, 0.4) is 0 Å². The van der Waals surface area contributed by atoms with E-state index in [1.165, 1.54) is 4.90 Å². The minimum absolute atomic E-state index is 0.0483. The molecule has 0 aromatic heterocycles. The summed E-state index contributed by atoms with van der Waals surface area (Å²) in [4.78, 5) is 50.3. The largest absolute Gasteiger partial charge is 0.355 e. The maximum Gasteiger partial charge on any atom is 0.312 e. The minimum atomic E-state index is -0.548. The average molecular weight is 308 g/mol. The SMILES string of the molecule is O=C1CC(C(=O)N2CCN(C(=O)C(=O)NC3CC3)CC2)CN1. The molecular weight excluding hydrogens is 288 g/mol. The highest BCUT2D eigenvalue weighted by molar-refractivity contribution is 6.35. The van der Waals surface area contributed by atoms with E-state index in [1.54, 1.807) is 4.90 Å². The number of nitrogens with zero attached hydrogens (tertiary/aromatic N) is 2. The predicted octanol–water partition coefficient (Wildman–Crippen LogP) is -1.93. The van der Waals surface area contributed by atoms with Crippen molar-refractivity contribution in [2.24, 2.45) is 5.92 Å². The molecule has 4 amide bonds. The van der Waals surface area contributed by atoms with E-state index in [4.69, 9.17) is 0 Å². The molecule has 0 spiro atoms. The third-order valence-electron chi connectivity index (χ3n) is 4.31. The number of rotatable bonds is 2. The molecule has 3 aliphatic rings. The third kappa shape index (κ3) is 3.20. The molecule has 0 aromatic carbocycles. The highest BCUT2D eigenvalue weighted by Crippen LogP contribution is 2.19. The first kappa shape index (κ1) is 14.8. The van der Waals surface area contributed by atoms with Crippen LogP contribution in [0.15, 0.2) is 0 Å². The van der Waals surface area contributed by atoms with Crippen LogP contribution >= 0.6 is 0 Å². The van der Waals surface area contributed by atoms with E-state index in [-0.39, 0.29) is 30.2 Å². The number of nitrogens with one attached hydrogen (secondary N) is 2. The maximum absolute atomic E-state index is 12.3. The number of piperazine rings is 1. The van der Waals surface area contributed by atoms with E-state index < -0.39 is 11.8 Å². The topological polar surface area (TPSA) is 98.8 Å². The van der Waals surface area contributed by atoms with Crippen LogP contribution in [0.5, 0.6) is 0 Å². The Kier molecular flexibility index (Phi) is 4.00. The van der Waals surface area contributed by atoms with Crippen LogP contribution in [0.2, 0.25) is 0 Å². The lowest BCUT2D eigenvalue weighted by Crippen LogP contribution is -2.55. The van der Waals surface area contributed by atoms with Crippen molar-refractivity contribution in [2.75, 3.05) is 32.7 Å². The van der Waals surface area contributed by atoms with Gasteiger partial charge in [-0.05, 0) is 12.8 Å². The van der Waals surface area contributed by atoms with Crippen molar-refractivity contribution in [3.63, 3.8) is 0 Å². The van der Waals surface area contributed by atoms with Gasteiger partial charge in [0.25, 0.3) is 0 Å². The molecule has 2 heterocycles. The van der Waals surface area contributed by atoms with Crippen LogP contribution < -0.4 is 10.6 Å². The normalized spacial score (nSPS) is 24.9. The molecule has 1 atom stereocenters. The Morgan fingerprint density at radius 1 is 1.05 bits per heavy atom. The molecule has 2 N–H and O–H groups in total. The summed E-state index contributed by atoms with van der Waals surface area (Å²) in [6.45, 7) is 1.92. The molecule has 0 bridgehead atoms. The van der Waals surface area contributed by atoms with E-state index in [0.29, 0.717) is 32.7 Å². The zero-order valence-corrected chi connectivity index (χ0v) is 12.3. The Morgan fingerprint density at radius 2 is 1.68 bits per heavy atom. The quantitative estimate of drug-likeness (QED) is 0.581. The first-order chi connectivity index (χ1) is 10.5. The molecule has 22 heavy (non-hydrogen) atoms. The Balaban J connectivity index is 1.47. The number of amides is 4. The molecule has 8 nitrogen and oxygen atoms in total. The smallest absolute Gasteiger partial charge is 0.312 e. The molecule has 3 fully saturated rings. The first-order valence-electron chi connectivity index (χ1n) is 7.70. The molecule has 8 heteroatoms. The Hall–Kier alpha value is -2.12. The number of carbonyl (C=O) groups excluding carboxylic acids is 4. The second-order valence-corrected chi connectivity index (χ2v) is 6.07. The number of carbonyl (C=O) groups is 4. The zero-order valence-electron chi connectivity index (χ0n) is 12.3. The maximum atomic E-state index is 12.3. The van der Waals surface area contributed by atoms with Crippen LogP contribution in [-0.4, -0.2) is 72.2 Å². The summed E-state index contributed by atoms with van der Waals surface area (Å²) in [5.74, 6) is -1.51. The van der Waals surface area contributed by atoms with E-state index in [1.807, 2.05) is 0 Å². The predicted molar refractivity (Wildman–Crippen MR) is 75.4 cm³/mol. The zero-order chi connectivity index (χ0) is 15.7. The molecule has 0 aromatic rings. The lowest BCUT2D eigenvalue weighted by atomic mass is 10.1. The summed E-state index contributed by atoms with van der Waals surface area (Å²) < 4.78 is 0. The van der Waals surface area contributed by atoms with Crippen molar-refractivity contribution >= 4 is 23.6 Å². The fraction of sp³-hybridized carbons (Fsp3) is 0.714. The van der Waals surface area contributed by atoms with Gasteiger partial charge in [0.05, 0.1) is 5.92 Å². The molecule has 120 valence electrons. The van der Waals surface area contributed by atoms with Gasteiger partial charge in [-0.1, -0.05) is 0 Å². The van der Waals surface area contributed by atoms with Crippen molar-refractivity contribution in [2.45, 2.75) is 25.3 Å². The fourth-order valence-corrected chi connectivity index (χ4v) is 2.79. The van der Waals surface area contributed by atoms with Gasteiger partial charge in [-0.15, -0.1) is 0 Å². The van der Waals surface area contributed by atoms with Gasteiger partial charge in [0.2, 0.25) is 11.8 Å². The molecular formula is C14H20N4O4. The van der Waals surface area contributed by atoms with Gasteiger partial charge in [-0.3, -0.25) is 19.2 Å². The van der Waals surface area contributed by atoms with Gasteiger partial charge >= 0.3 is 11.8 Å². The molecule has 2 aliphatic heterocycles. The van der Waals surface area contributed by atoms with E-state index >= 15 is 0 Å². The van der Waals surface area contributed by atoms with Gasteiger partial charge in [0, 0.05) is 45.2 Å². The van der Waals surface area contributed by atoms with Gasteiger partial charge < -0.3 is 20.4 Å². The van der Waals surface area contributed by atoms with E-state index in [0.717, 1.165) is 12.8 Å². The molecule has 0 radical (unpaired) electrons. The first-order valence-corrected chi connectivity index (χ1v) is 7.70. The summed E-state index contributed by atoms with van der Waals surface area (Å²) >= 11 is 0. The van der Waals surface area contributed by atoms with Crippen LogP contribution in [-0.2, 0) is 19.2 Å². The molecule has 3 rings (SSSR count). The van der Waals surface area contributed by atoms with Crippen LogP contribution in [0.25, 0.3) is 0 Å². The third-order valence-corrected chi connectivity index (χ3v) is 4.31. The standard InChI is InChI=1S/C14H20N4O4/c19-11-7-9(8-15-11)13(21)17-3-5-18(6-4-17)14(22)12(20)16-10-1-2-10/h9-10H,1-8H2,(H,15,19)(H,16,20). The van der Waals surface area contributed by atoms with Gasteiger partial charge in [-0.25, -0.2) is 0 Å². The van der Waals surface area contributed by atoms with Crippen molar-refractivity contribution in [3.8, 4) is 0 Å². The summed E-state index contributed by atoms with van der Waals surface area (Å²) in [5.41, 5.74) is 0. The van der Waals surface area contributed by atoms with Crippen molar-refractivity contribution < 1.29 is 19.2 Å². The summed E-state index contributed by atoms with van der Waals surface area (Å²) in [6, 6.07) is 0.159.